The van der Waals surface area contributed by atoms with Gasteiger partial charge >= 0.3 is 0 Å². The van der Waals surface area contributed by atoms with Crippen LogP contribution < -0.4 is 0 Å². The van der Waals surface area contributed by atoms with Crippen molar-refractivity contribution >= 4 is 40.7 Å². The minimum absolute atomic E-state index is 0.0117. The molecule has 0 radical (unpaired) electrons. The third-order valence-corrected chi connectivity index (χ3v) is 4.83. The van der Waals surface area contributed by atoms with Gasteiger partial charge in [-0.05, 0) is 65.9 Å². The Kier molecular flexibility index (Phi) is 5.18. The Bertz CT molecular complexity index is 849. The first kappa shape index (κ1) is 17.0. The van der Waals surface area contributed by atoms with Crippen molar-refractivity contribution in [3.63, 3.8) is 0 Å². The lowest BCUT2D eigenvalue weighted by Gasteiger charge is -2.10. The van der Waals surface area contributed by atoms with Gasteiger partial charge in [0.15, 0.2) is 5.78 Å². The molecule has 0 N–H and O–H groups in total. The van der Waals surface area contributed by atoms with E-state index >= 15 is 0 Å². The SMILES string of the molecule is CC(Sc1nnnn1-c1ccc(Cl)cc1)C(=O)c1ccc(Cl)cc1. The average molecular weight is 379 g/mol. The van der Waals surface area contributed by atoms with Gasteiger partial charge in [-0.3, -0.25) is 4.79 Å². The van der Waals surface area contributed by atoms with E-state index in [-0.39, 0.29) is 11.0 Å². The van der Waals surface area contributed by atoms with Crippen LogP contribution in [0.5, 0.6) is 0 Å². The lowest BCUT2D eigenvalue weighted by atomic mass is 10.1. The second-order valence-electron chi connectivity index (χ2n) is 4.98. The molecule has 2 aromatic carbocycles. The lowest BCUT2D eigenvalue weighted by Crippen LogP contribution is -2.14. The minimum Gasteiger partial charge on any atom is -0.293 e. The van der Waals surface area contributed by atoms with E-state index in [2.05, 4.69) is 15.5 Å². The van der Waals surface area contributed by atoms with Crippen molar-refractivity contribution in [1.29, 1.82) is 0 Å². The maximum absolute atomic E-state index is 12.5. The highest BCUT2D eigenvalue weighted by Crippen LogP contribution is 2.26. The number of hydrogen-bond acceptors (Lipinski definition) is 5. The predicted octanol–water partition coefficient (Wildman–Crippen LogP) is 4.33. The summed E-state index contributed by atoms with van der Waals surface area (Å²) in [4.78, 5) is 12.5. The Morgan fingerprint density at radius 2 is 1.62 bits per heavy atom. The maximum atomic E-state index is 12.5. The first-order valence-electron chi connectivity index (χ1n) is 7.05. The molecule has 8 heteroatoms. The number of rotatable bonds is 5. The van der Waals surface area contributed by atoms with Gasteiger partial charge in [-0.15, -0.1) is 5.10 Å². The molecule has 0 aliphatic heterocycles. The van der Waals surface area contributed by atoms with E-state index < -0.39 is 0 Å². The molecule has 0 bridgehead atoms. The van der Waals surface area contributed by atoms with Crippen LogP contribution in [-0.4, -0.2) is 31.2 Å². The number of benzene rings is 2. The predicted molar refractivity (Wildman–Crippen MR) is 95.3 cm³/mol. The van der Waals surface area contributed by atoms with Crippen molar-refractivity contribution < 1.29 is 4.79 Å². The molecule has 3 aromatic rings. The molecule has 1 atom stereocenters. The maximum Gasteiger partial charge on any atom is 0.214 e. The van der Waals surface area contributed by atoms with Crippen LogP contribution in [0.25, 0.3) is 5.69 Å². The standard InChI is InChI=1S/C16H12Cl2N4OS/c1-10(15(23)11-2-4-12(17)5-3-11)24-16-19-20-21-22(16)14-8-6-13(18)7-9-14/h2-10H,1H3. The first-order chi connectivity index (χ1) is 11.5. The zero-order valence-corrected chi connectivity index (χ0v) is 14.9. The molecule has 5 nitrogen and oxygen atoms in total. The van der Waals surface area contributed by atoms with Gasteiger partial charge in [-0.25, -0.2) is 0 Å². The quantitative estimate of drug-likeness (QED) is 0.488. The summed E-state index contributed by atoms with van der Waals surface area (Å²) in [5.74, 6) is -0.0117. The van der Waals surface area contributed by atoms with Crippen LogP contribution in [0.2, 0.25) is 10.0 Å². The van der Waals surface area contributed by atoms with E-state index in [0.29, 0.717) is 20.8 Å². The molecule has 0 fully saturated rings. The van der Waals surface area contributed by atoms with Crippen LogP contribution in [0.4, 0.5) is 0 Å². The van der Waals surface area contributed by atoms with Crippen molar-refractivity contribution in [1.82, 2.24) is 20.2 Å². The van der Waals surface area contributed by atoms with E-state index in [4.69, 9.17) is 23.2 Å². The molecular weight excluding hydrogens is 367 g/mol. The molecule has 24 heavy (non-hydrogen) atoms. The summed E-state index contributed by atoms with van der Waals surface area (Å²) in [6.45, 7) is 1.82. The van der Waals surface area contributed by atoms with E-state index in [0.717, 1.165) is 5.69 Å². The van der Waals surface area contributed by atoms with Crippen molar-refractivity contribution in [3.05, 3.63) is 64.1 Å². The number of carbonyl (C=O) groups is 1. The van der Waals surface area contributed by atoms with Gasteiger partial charge in [0.2, 0.25) is 5.16 Å². The van der Waals surface area contributed by atoms with Gasteiger partial charge in [0.1, 0.15) is 0 Å². The van der Waals surface area contributed by atoms with Gasteiger partial charge < -0.3 is 0 Å². The Labute approximate surface area is 153 Å². The fourth-order valence-electron chi connectivity index (χ4n) is 2.06. The van der Waals surface area contributed by atoms with Crippen LogP contribution in [0.15, 0.2) is 53.7 Å². The smallest absolute Gasteiger partial charge is 0.214 e. The molecule has 3 rings (SSSR count). The largest absolute Gasteiger partial charge is 0.293 e. The highest BCUT2D eigenvalue weighted by atomic mass is 35.5. The molecule has 122 valence electrons. The fourth-order valence-corrected chi connectivity index (χ4v) is 3.19. The Morgan fingerprint density at radius 3 is 2.25 bits per heavy atom. The summed E-state index contributed by atoms with van der Waals surface area (Å²) < 4.78 is 1.58. The van der Waals surface area contributed by atoms with Crippen LogP contribution in [0.3, 0.4) is 0 Å². The third kappa shape index (κ3) is 3.77. The van der Waals surface area contributed by atoms with Crippen molar-refractivity contribution in [2.45, 2.75) is 17.3 Å². The average Bonchev–Trinajstić information content (AvgIpc) is 3.03. The van der Waals surface area contributed by atoms with Crippen LogP contribution in [0.1, 0.15) is 17.3 Å². The summed E-state index contributed by atoms with van der Waals surface area (Å²) in [5.41, 5.74) is 1.38. The zero-order valence-electron chi connectivity index (χ0n) is 12.6. The summed E-state index contributed by atoms with van der Waals surface area (Å²) in [7, 11) is 0. The number of aromatic nitrogens is 4. The number of Topliss-reactive ketones (excluding diaryl/α,β-unsaturated/α-hetero) is 1. The first-order valence-corrected chi connectivity index (χ1v) is 8.69. The number of nitrogens with zero attached hydrogens (tertiary/aromatic N) is 4. The van der Waals surface area contributed by atoms with Crippen LogP contribution in [0, 0.1) is 0 Å². The van der Waals surface area contributed by atoms with Crippen molar-refractivity contribution in [3.8, 4) is 5.69 Å². The van der Waals surface area contributed by atoms with Gasteiger partial charge in [-0.2, -0.15) is 4.68 Å². The lowest BCUT2D eigenvalue weighted by molar-refractivity contribution is 0.0994. The Morgan fingerprint density at radius 1 is 1.04 bits per heavy atom. The summed E-state index contributed by atoms with van der Waals surface area (Å²) in [5, 5.41) is 13.1. The van der Waals surface area contributed by atoms with E-state index in [1.165, 1.54) is 11.8 Å². The molecule has 0 aliphatic rings. The molecule has 0 saturated heterocycles. The zero-order chi connectivity index (χ0) is 17.1. The number of tetrazole rings is 1. The molecule has 1 aromatic heterocycles. The van der Waals surface area contributed by atoms with E-state index in [1.54, 1.807) is 41.1 Å². The van der Waals surface area contributed by atoms with Gasteiger partial charge in [0, 0.05) is 15.6 Å². The number of thioether (sulfide) groups is 1. The second-order valence-corrected chi connectivity index (χ2v) is 7.16. The molecule has 1 unspecified atom stereocenters. The topological polar surface area (TPSA) is 60.7 Å². The molecule has 0 aliphatic carbocycles. The fraction of sp³-hybridized carbons (Fsp3) is 0.125. The van der Waals surface area contributed by atoms with Crippen molar-refractivity contribution in [2.75, 3.05) is 0 Å². The van der Waals surface area contributed by atoms with Crippen molar-refractivity contribution in [2.24, 2.45) is 0 Å². The molecule has 0 amide bonds. The third-order valence-electron chi connectivity index (χ3n) is 3.29. The highest BCUT2D eigenvalue weighted by Gasteiger charge is 2.20. The van der Waals surface area contributed by atoms with E-state index in [1.807, 2.05) is 19.1 Å². The summed E-state index contributed by atoms with van der Waals surface area (Å²) in [6, 6.07) is 14.0. The molecular formula is C16H12Cl2N4OS. The molecule has 0 spiro atoms. The minimum atomic E-state index is -0.344. The van der Waals surface area contributed by atoms with Crippen LogP contribution in [-0.2, 0) is 0 Å². The second kappa shape index (κ2) is 7.34. The number of carbonyl (C=O) groups excluding carboxylic acids is 1. The Balaban J connectivity index is 1.79. The normalized spacial score (nSPS) is 12.1. The summed E-state index contributed by atoms with van der Waals surface area (Å²) in [6.07, 6.45) is 0. The molecule has 0 saturated carbocycles. The van der Waals surface area contributed by atoms with Gasteiger partial charge in [-0.1, -0.05) is 35.0 Å². The number of hydrogen-bond donors (Lipinski definition) is 0. The number of halogens is 2. The number of ketones is 1. The van der Waals surface area contributed by atoms with Gasteiger partial charge in [0.05, 0.1) is 10.9 Å². The van der Waals surface area contributed by atoms with E-state index in [9.17, 15) is 4.79 Å². The van der Waals surface area contributed by atoms with Crippen LogP contribution >= 0.6 is 35.0 Å². The Hall–Kier alpha value is -1.89. The molecule has 1 heterocycles. The summed E-state index contributed by atoms with van der Waals surface area (Å²) >= 11 is 13.0. The monoisotopic (exact) mass is 378 g/mol. The van der Waals surface area contributed by atoms with Gasteiger partial charge in [0.25, 0.3) is 0 Å². The highest BCUT2D eigenvalue weighted by molar-refractivity contribution is 8.00.